The van der Waals surface area contributed by atoms with Crippen LogP contribution in [0.3, 0.4) is 0 Å². The Morgan fingerprint density at radius 2 is 2.15 bits per heavy atom. The molecule has 0 saturated heterocycles. The van der Waals surface area contributed by atoms with Gasteiger partial charge < -0.3 is 0 Å². The van der Waals surface area contributed by atoms with Gasteiger partial charge in [-0.05, 0) is 55.8 Å². The quantitative estimate of drug-likeness (QED) is 0.432. The normalized spacial score (nSPS) is 20.6. The zero-order valence-corrected chi connectivity index (χ0v) is 14.3. The van der Waals surface area contributed by atoms with E-state index in [0.717, 1.165) is 18.3 Å². The second-order valence-corrected chi connectivity index (χ2v) is 7.63. The van der Waals surface area contributed by atoms with Crippen LogP contribution in [0.2, 0.25) is 0 Å². The van der Waals surface area contributed by atoms with Crippen molar-refractivity contribution in [2.75, 3.05) is 0 Å². The highest BCUT2D eigenvalue weighted by atomic mass is 14.3. The fraction of sp³-hybridized carbons (Fsp3) is 0.700. The highest BCUT2D eigenvalue weighted by Gasteiger charge is 2.21. The molecule has 2 atom stereocenters. The monoisotopic (exact) mass is 274 g/mol. The zero-order chi connectivity index (χ0) is 15.2. The minimum atomic E-state index is 0.436. The summed E-state index contributed by atoms with van der Waals surface area (Å²) in [6.07, 6.45) is 14.5. The molecular formula is C20H34. The van der Waals surface area contributed by atoms with Gasteiger partial charge in [-0.1, -0.05) is 70.6 Å². The van der Waals surface area contributed by atoms with Crippen LogP contribution < -0.4 is 0 Å². The van der Waals surface area contributed by atoms with E-state index in [2.05, 4.69) is 59.4 Å². The summed E-state index contributed by atoms with van der Waals surface area (Å²) in [6.45, 7) is 15.9. The van der Waals surface area contributed by atoms with Gasteiger partial charge in [0.25, 0.3) is 0 Å². The average molecular weight is 274 g/mol. The van der Waals surface area contributed by atoms with Crippen molar-refractivity contribution >= 4 is 0 Å². The van der Waals surface area contributed by atoms with Gasteiger partial charge in [0.1, 0.15) is 0 Å². The Labute approximate surface area is 127 Å². The van der Waals surface area contributed by atoms with Crippen LogP contribution >= 0.6 is 0 Å². The maximum Gasteiger partial charge on any atom is -0.0224 e. The molecule has 1 aliphatic rings. The molecular weight excluding hydrogens is 240 g/mol. The molecule has 1 rings (SSSR count). The Hall–Kier alpha value is -0.780. The third-order valence-electron chi connectivity index (χ3n) is 4.52. The van der Waals surface area contributed by atoms with E-state index in [1.165, 1.54) is 37.7 Å². The molecule has 0 bridgehead atoms. The molecule has 1 aliphatic carbocycles. The summed E-state index contributed by atoms with van der Waals surface area (Å²) < 4.78 is 0. The van der Waals surface area contributed by atoms with Crippen LogP contribution in [-0.4, -0.2) is 0 Å². The second-order valence-electron chi connectivity index (χ2n) is 7.63. The summed E-state index contributed by atoms with van der Waals surface area (Å²) in [5.41, 5.74) is 3.38. The van der Waals surface area contributed by atoms with E-state index < -0.39 is 0 Å². The van der Waals surface area contributed by atoms with Crippen molar-refractivity contribution in [3.05, 3.63) is 36.0 Å². The standard InChI is InChI=1S/C20H34/c1-7-16(2)14-18(4)15-20(5,6)13-12-19-10-8-17(3)9-11-19/h8,10-11,17-18H,2,7,9,12-15H2,1,3-6H3. The first kappa shape index (κ1) is 17.3. The van der Waals surface area contributed by atoms with Gasteiger partial charge in [0.2, 0.25) is 0 Å². The SMILES string of the molecule is C=C(CC)CC(C)CC(C)(C)CCC1=CCC(C)C=C1. The lowest BCUT2D eigenvalue weighted by Gasteiger charge is -2.29. The highest BCUT2D eigenvalue weighted by molar-refractivity contribution is 5.23. The summed E-state index contributed by atoms with van der Waals surface area (Å²) >= 11 is 0. The molecule has 114 valence electrons. The van der Waals surface area contributed by atoms with Crippen LogP contribution in [0.1, 0.15) is 73.1 Å². The van der Waals surface area contributed by atoms with Crippen LogP contribution in [0, 0.1) is 17.3 Å². The predicted molar refractivity (Wildman–Crippen MR) is 91.8 cm³/mol. The molecule has 0 N–H and O–H groups in total. The van der Waals surface area contributed by atoms with Crippen molar-refractivity contribution < 1.29 is 0 Å². The lowest BCUT2D eigenvalue weighted by atomic mass is 9.77. The molecule has 2 unspecified atom stereocenters. The van der Waals surface area contributed by atoms with Crippen LogP contribution in [0.4, 0.5) is 0 Å². The van der Waals surface area contributed by atoms with Gasteiger partial charge in [-0.3, -0.25) is 0 Å². The summed E-state index contributed by atoms with van der Waals surface area (Å²) in [4.78, 5) is 0. The largest absolute Gasteiger partial charge is 0.0999 e. The lowest BCUT2D eigenvalue weighted by molar-refractivity contribution is 0.255. The summed E-state index contributed by atoms with van der Waals surface area (Å²) in [7, 11) is 0. The Bertz CT molecular complexity index is 367. The van der Waals surface area contributed by atoms with Gasteiger partial charge in [0.05, 0.1) is 0 Å². The molecule has 0 aromatic rings. The van der Waals surface area contributed by atoms with E-state index in [4.69, 9.17) is 0 Å². The first-order chi connectivity index (χ1) is 9.32. The van der Waals surface area contributed by atoms with Gasteiger partial charge in [-0.25, -0.2) is 0 Å². The molecule has 0 heteroatoms. The Morgan fingerprint density at radius 1 is 1.45 bits per heavy atom. The van der Waals surface area contributed by atoms with E-state index in [1.54, 1.807) is 5.57 Å². The first-order valence-corrected chi connectivity index (χ1v) is 8.36. The van der Waals surface area contributed by atoms with Gasteiger partial charge in [0.15, 0.2) is 0 Å². The smallest absolute Gasteiger partial charge is 0.0224 e. The van der Waals surface area contributed by atoms with Crippen LogP contribution in [-0.2, 0) is 0 Å². The highest BCUT2D eigenvalue weighted by Crippen LogP contribution is 2.35. The van der Waals surface area contributed by atoms with E-state index in [-0.39, 0.29) is 0 Å². The Morgan fingerprint density at radius 3 is 2.70 bits per heavy atom. The van der Waals surface area contributed by atoms with Crippen LogP contribution in [0.5, 0.6) is 0 Å². The van der Waals surface area contributed by atoms with Gasteiger partial charge in [-0.2, -0.15) is 0 Å². The minimum absolute atomic E-state index is 0.436. The van der Waals surface area contributed by atoms with Crippen LogP contribution in [0.25, 0.3) is 0 Å². The minimum Gasteiger partial charge on any atom is -0.0999 e. The molecule has 0 aliphatic heterocycles. The molecule has 0 saturated carbocycles. The first-order valence-electron chi connectivity index (χ1n) is 8.36. The summed E-state index contributed by atoms with van der Waals surface area (Å²) in [5, 5.41) is 0. The molecule has 0 spiro atoms. The fourth-order valence-electron chi connectivity index (χ4n) is 3.19. The molecule has 20 heavy (non-hydrogen) atoms. The average Bonchev–Trinajstić information content (AvgIpc) is 2.37. The van der Waals surface area contributed by atoms with E-state index in [0.29, 0.717) is 5.41 Å². The third-order valence-corrected chi connectivity index (χ3v) is 4.52. The van der Waals surface area contributed by atoms with Gasteiger partial charge in [-0.15, -0.1) is 0 Å². The van der Waals surface area contributed by atoms with E-state index in [1.807, 2.05) is 0 Å². The zero-order valence-electron chi connectivity index (χ0n) is 14.3. The maximum absolute atomic E-state index is 4.15. The van der Waals surface area contributed by atoms with Gasteiger partial charge in [0, 0.05) is 0 Å². The van der Waals surface area contributed by atoms with Crippen molar-refractivity contribution in [3.63, 3.8) is 0 Å². The van der Waals surface area contributed by atoms with Crippen molar-refractivity contribution in [2.24, 2.45) is 17.3 Å². The van der Waals surface area contributed by atoms with Crippen LogP contribution in [0.15, 0.2) is 36.0 Å². The van der Waals surface area contributed by atoms with Crippen molar-refractivity contribution in [2.45, 2.75) is 73.1 Å². The number of rotatable bonds is 8. The van der Waals surface area contributed by atoms with Gasteiger partial charge >= 0.3 is 0 Å². The molecule has 0 radical (unpaired) electrons. The topological polar surface area (TPSA) is 0 Å². The van der Waals surface area contributed by atoms with Crippen molar-refractivity contribution in [3.8, 4) is 0 Å². The molecule has 0 heterocycles. The summed E-state index contributed by atoms with van der Waals surface area (Å²) in [5.74, 6) is 1.49. The lowest BCUT2D eigenvalue weighted by Crippen LogP contribution is -2.16. The maximum atomic E-state index is 4.15. The molecule has 0 aromatic carbocycles. The molecule has 0 amide bonds. The molecule has 0 aromatic heterocycles. The van der Waals surface area contributed by atoms with Crippen molar-refractivity contribution in [1.29, 1.82) is 0 Å². The van der Waals surface area contributed by atoms with Crippen molar-refractivity contribution in [1.82, 2.24) is 0 Å². The predicted octanol–water partition coefficient (Wildman–Crippen LogP) is 6.70. The molecule has 0 fully saturated rings. The fourth-order valence-corrected chi connectivity index (χ4v) is 3.19. The summed E-state index contributed by atoms with van der Waals surface area (Å²) in [6, 6.07) is 0. The number of hydrogen-bond donors (Lipinski definition) is 0. The number of allylic oxidation sites excluding steroid dienone is 5. The third kappa shape index (κ3) is 6.59. The molecule has 0 nitrogen and oxygen atoms in total. The van der Waals surface area contributed by atoms with E-state index in [9.17, 15) is 0 Å². The van der Waals surface area contributed by atoms with E-state index >= 15 is 0 Å². The number of hydrogen-bond acceptors (Lipinski definition) is 0. The Balaban J connectivity index is 2.37. The second kappa shape index (κ2) is 7.86. The Kier molecular flexibility index (Phi) is 6.79.